The summed E-state index contributed by atoms with van der Waals surface area (Å²) in [7, 11) is 0. The molecule has 3 rings (SSSR count). The number of guanidine groups is 2. The number of aromatic hydroxyl groups is 2. The number of benzene rings is 2. The fraction of sp³-hybridized carbons (Fsp3) is 0.635. The molecule has 39 N–H and O–H groups in total. The number of carbonyl (C=O) groups is 17. The number of nitrogens with one attached hydrogen (secondary N) is 18. The number of aliphatic hydroxyl groups is 2. The van der Waals surface area contributed by atoms with E-state index in [1.807, 2.05) is 0 Å². The number of nitrogens with zero attached hydrogens (tertiary/aromatic N) is 1. The van der Waals surface area contributed by atoms with Gasteiger partial charge < -0.3 is 161 Å². The van der Waals surface area contributed by atoms with Crippen LogP contribution in [0.3, 0.4) is 0 Å². The second-order valence-electron chi connectivity index (χ2n) is 34.0. The van der Waals surface area contributed by atoms with Gasteiger partial charge in [-0.15, -0.1) is 0 Å². The van der Waals surface area contributed by atoms with Crippen molar-refractivity contribution in [1.82, 2.24) is 90.0 Å². The quantitative estimate of drug-likeness (QED) is 0.0127. The number of aliphatic hydroxyl groups excluding tert-OH is 2. The van der Waals surface area contributed by atoms with Crippen LogP contribution >= 0.6 is 25.3 Å². The van der Waals surface area contributed by atoms with E-state index in [2.05, 4.69) is 110 Å². The van der Waals surface area contributed by atoms with Crippen LogP contribution in [0.5, 0.6) is 11.5 Å². The highest BCUT2D eigenvalue weighted by atomic mass is 32.1. The van der Waals surface area contributed by atoms with Crippen LogP contribution in [-0.4, -0.2) is 308 Å². The van der Waals surface area contributed by atoms with E-state index in [-0.39, 0.29) is 141 Å². The number of carbonyl (C=O) groups excluding carboxylic acids is 16. The van der Waals surface area contributed by atoms with E-state index >= 15 is 0 Å². The number of aliphatic carboxylic acids is 1. The van der Waals surface area contributed by atoms with Gasteiger partial charge in [-0.05, 0) is 165 Å². The molecule has 0 radical (unpaired) electrons. The van der Waals surface area contributed by atoms with Crippen molar-refractivity contribution >= 4 is 138 Å². The Morgan fingerprint density at radius 1 is 0.449 bits per heavy atom. The topological polar surface area (TPSA) is 843 Å². The highest BCUT2D eigenvalue weighted by Crippen LogP contribution is 2.24. The maximum atomic E-state index is 15.0. The van der Waals surface area contributed by atoms with Crippen molar-refractivity contribution in [3.8, 4) is 11.5 Å². The Kier molecular flexibility index (Phi) is 51.9. The lowest BCUT2D eigenvalue weighted by atomic mass is 9.94. The van der Waals surface area contributed by atoms with Crippen molar-refractivity contribution in [1.29, 1.82) is 10.8 Å². The van der Waals surface area contributed by atoms with Crippen molar-refractivity contribution < 1.29 is 107 Å². The molecule has 1 saturated heterocycles. The fourth-order valence-corrected chi connectivity index (χ4v) is 14.6. The average molecular weight is 1960 g/mol. The summed E-state index contributed by atoms with van der Waals surface area (Å²) < 4.78 is -1.61. The zero-order chi connectivity index (χ0) is 103. The lowest BCUT2D eigenvalue weighted by molar-refractivity contribution is -0.142. The van der Waals surface area contributed by atoms with Crippen LogP contribution in [-0.2, 0) is 94.3 Å². The number of carboxylic acid groups (broad SMARTS) is 1. The van der Waals surface area contributed by atoms with Gasteiger partial charge in [0.1, 0.15) is 102 Å². The summed E-state index contributed by atoms with van der Waals surface area (Å²) >= 11 is 8.90. The van der Waals surface area contributed by atoms with Gasteiger partial charge in [0.15, 0.2) is 11.9 Å². The number of unbranched alkanes of at least 4 members (excludes halogenated alkanes) is 1. The maximum absolute atomic E-state index is 15.0. The summed E-state index contributed by atoms with van der Waals surface area (Å²) in [5.41, 5.74) is 47.0. The third-order valence-electron chi connectivity index (χ3n) is 22.5. The number of rotatable bonds is 62. The Bertz CT molecular complexity index is 4350. The van der Waals surface area contributed by atoms with Crippen LogP contribution in [0.2, 0.25) is 0 Å². The predicted octanol–water partition coefficient (Wildman–Crippen LogP) is -8.86. The number of nitrogens with two attached hydrogens (primary N) is 8. The Hall–Kier alpha value is -12.0. The molecule has 0 aliphatic carbocycles. The van der Waals surface area contributed by atoms with Crippen LogP contribution < -0.4 is 131 Å². The first-order valence-electron chi connectivity index (χ1n) is 45.1. The summed E-state index contributed by atoms with van der Waals surface area (Å²) in [4.78, 5) is 242. The second kappa shape index (κ2) is 59.8. The minimum absolute atomic E-state index is 0.0431. The van der Waals surface area contributed by atoms with Crippen LogP contribution in [0.25, 0.3) is 0 Å². The second-order valence-corrected chi connectivity index (χ2v) is 35.5. The van der Waals surface area contributed by atoms with E-state index in [4.69, 9.17) is 56.7 Å². The summed E-state index contributed by atoms with van der Waals surface area (Å²) in [5, 5.41) is 107. The SMILES string of the molecule is CC[C@H](N)C(=O)N1C[C@H](O)C[C@H]1C(=O)N[C@H](C(=O)N[C@H](C(=O)N[C@@H](Cc1ccc(O)cc1)C(=O)N[C@H](C(=O)N[C@@H](CC(N)=O)C(=O)N[C@@H](CCCNC(=N)N)C(=O)N[C@@H](CCN)C(=O)N[C@H](C(=O)N[C@H](CCN)C(=O)N[C@@H](CCCCN)C(=O)N[C@@H](CS)C(=O)N[C@@H](CCN)C(=O)N[C@@H](CCCNC(=N)N)C(=O)N[C@@H](Cc1ccc(O)cc1)C(=O)O)[C@@H](C)O)C(C)(C)S)[C@@H](C)CC)[C@@H](C)CC. The van der Waals surface area contributed by atoms with Gasteiger partial charge in [-0.2, -0.15) is 25.3 Å². The molecule has 1 aliphatic rings. The lowest BCUT2D eigenvalue weighted by Crippen LogP contribution is -2.64. The maximum Gasteiger partial charge on any atom is 0.326 e. The van der Waals surface area contributed by atoms with Gasteiger partial charge in [0.05, 0.1) is 24.7 Å². The molecule has 1 fully saturated rings. The number of thiol groups is 2. The molecule has 2 aromatic rings. The summed E-state index contributed by atoms with van der Waals surface area (Å²) in [5.74, 6) is -20.6. The molecule has 0 aromatic heterocycles. The number of hydrogen-bond donors (Lipinski definition) is 33. The van der Waals surface area contributed by atoms with Gasteiger partial charge in [0.25, 0.3) is 0 Å². The zero-order valence-electron chi connectivity index (χ0n) is 78.0. The monoisotopic (exact) mass is 1960 g/mol. The summed E-state index contributed by atoms with van der Waals surface area (Å²) in [6.45, 7) is 11.3. The predicted molar refractivity (Wildman–Crippen MR) is 506 cm³/mol. The smallest absolute Gasteiger partial charge is 0.326 e. The summed E-state index contributed by atoms with van der Waals surface area (Å²) in [6.07, 6.45) is -4.89. The normalized spacial score (nSPS) is 16.9. The Balaban J connectivity index is 1.94. The molecule has 20 atom stereocenters. The van der Waals surface area contributed by atoms with Gasteiger partial charge in [-0.3, -0.25) is 87.5 Å². The third kappa shape index (κ3) is 40.5. The number of β-amino-alcohol motifs (C(OH)–C–C–N with tert-alkyl or cyclic N) is 1. The van der Waals surface area contributed by atoms with Crippen LogP contribution in [0.15, 0.2) is 48.5 Å². The van der Waals surface area contributed by atoms with Gasteiger partial charge in [0, 0.05) is 49.4 Å². The van der Waals surface area contributed by atoms with E-state index < -0.39 is 256 Å². The number of carboxylic acids is 1. The molecule has 0 saturated carbocycles. The van der Waals surface area contributed by atoms with E-state index in [1.165, 1.54) is 62.4 Å². The number of phenolic OH excluding ortho intramolecular Hbond substituents is 2. The van der Waals surface area contributed by atoms with E-state index in [1.54, 1.807) is 34.6 Å². The molecule has 0 bridgehead atoms. The molecule has 1 aliphatic heterocycles. The Labute approximate surface area is 800 Å². The standard InChI is InChI=1S/C85H143N27O22S2/c1-9-42(4)63(109-78(129)64(43(5)10-2)108-76(127)61-38-49(116)40-112(61)81(132)50(90)11-3)77(128)104-57(36-45-19-23-47(114)24-20-45)74(125)111-66(85(7,8)136)80(131)105-58(39-62(91)117)73(124)100-52(17-14-34-96-83(92)93)67(118)101-56(29-33-89)72(123)110-65(44(6)113)79(130)103-55(28-32-88)71(122)98-51(16-12-13-30-86)69(120)107-60(41-135)75(126)102-54(27-31-87)70(121)99-53(18-15-35-97-84(94)95)68(119)106-59(82(133)134)37-46-21-25-48(115)26-22-46/h19-26,42-44,49-61,63-66,113-116,135-136H,9-18,27-41,86-90H2,1-8H3,(H2,91,117)(H,98,122)(H,99,121)(H,100,124)(H,101,118)(H,102,126)(H,103,130)(H,104,128)(H,105,131)(H,106,119)(H,107,120)(H,108,127)(H,109,129)(H,110,123)(H,111,125)(H,133,134)(H4,92,93,96)(H4,94,95,97)/t42-,43-,44+,49+,50-,51-,52-,53-,54-,55+,56-,57-,58-,59-,60-,61-,63-,64-,65-,66+/m0/s1. The van der Waals surface area contributed by atoms with E-state index in [9.17, 15) is 107 Å². The van der Waals surface area contributed by atoms with Crippen molar-refractivity contribution in [2.75, 3.05) is 51.6 Å². The molecule has 0 spiro atoms. The van der Waals surface area contributed by atoms with Gasteiger partial charge >= 0.3 is 5.97 Å². The summed E-state index contributed by atoms with van der Waals surface area (Å²) in [6, 6.07) is -13.9. The Morgan fingerprint density at radius 2 is 0.794 bits per heavy atom. The van der Waals surface area contributed by atoms with Crippen LogP contribution in [0.4, 0.5) is 0 Å². The lowest BCUT2D eigenvalue weighted by Gasteiger charge is -2.33. The van der Waals surface area contributed by atoms with Gasteiger partial charge in [0.2, 0.25) is 94.5 Å². The highest BCUT2D eigenvalue weighted by Gasteiger charge is 2.45. The number of hydrogen-bond acceptors (Lipinski definition) is 30. The minimum Gasteiger partial charge on any atom is -0.508 e. The first-order valence-corrected chi connectivity index (χ1v) is 46.2. The molecule has 51 heteroatoms. The van der Waals surface area contributed by atoms with Crippen molar-refractivity contribution in [2.24, 2.45) is 57.7 Å². The number of phenols is 2. The van der Waals surface area contributed by atoms with E-state index in [0.717, 1.165) is 11.8 Å². The van der Waals surface area contributed by atoms with Crippen LogP contribution in [0.1, 0.15) is 163 Å². The average Bonchev–Trinajstić information content (AvgIpc) is 1.64. The van der Waals surface area contributed by atoms with Crippen molar-refractivity contribution in [2.45, 2.75) is 278 Å². The van der Waals surface area contributed by atoms with Gasteiger partial charge in [-0.25, -0.2) is 4.79 Å². The molecular formula is C85H143N27O22S2. The largest absolute Gasteiger partial charge is 0.508 e. The van der Waals surface area contributed by atoms with E-state index in [0.29, 0.717) is 24.0 Å². The minimum atomic E-state index is -1.98. The first-order chi connectivity index (χ1) is 64.0. The molecule has 49 nitrogen and oxygen atoms in total. The molecule has 762 valence electrons. The molecular weight excluding hydrogens is 1820 g/mol. The van der Waals surface area contributed by atoms with Crippen LogP contribution in [0, 0.1) is 22.7 Å². The first kappa shape index (κ1) is 118. The fourth-order valence-electron chi connectivity index (χ4n) is 14.2. The highest BCUT2D eigenvalue weighted by molar-refractivity contribution is 7.81. The van der Waals surface area contributed by atoms with Gasteiger partial charge in [-0.1, -0.05) is 71.7 Å². The Morgan fingerprint density at radius 3 is 1.18 bits per heavy atom. The molecule has 0 unspecified atom stereocenters. The number of amides is 16. The molecule has 136 heavy (non-hydrogen) atoms. The third-order valence-corrected chi connectivity index (χ3v) is 23.1. The molecule has 1 heterocycles. The molecule has 16 amide bonds. The number of primary amides is 1. The zero-order valence-corrected chi connectivity index (χ0v) is 79.8. The molecule has 2 aromatic carbocycles. The number of likely N-dealkylation sites (tertiary alicyclic amines) is 1. The van der Waals surface area contributed by atoms with Crippen molar-refractivity contribution in [3.05, 3.63) is 59.7 Å². The van der Waals surface area contributed by atoms with Crippen molar-refractivity contribution in [3.63, 3.8) is 0 Å².